The molecular formula is C26H36O7. The summed E-state index contributed by atoms with van der Waals surface area (Å²) in [7, 11) is 0. The fourth-order valence-electron chi connectivity index (χ4n) is 3.96. The Morgan fingerprint density at radius 3 is 1.97 bits per heavy atom. The maximum absolute atomic E-state index is 10.1. The van der Waals surface area contributed by atoms with Gasteiger partial charge in [0.15, 0.2) is 6.29 Å². The first-order valence-corrected chi connectivity index (χ1v) is 11.8. The van der Waals surface area contributed by atoms with Gasteiger partial charge in [0.2, 0.25) is 0 Å². The highest BCUT2D eigenvalue weighted by Crippen LogP contribution is 2.23. The summed E-state index contributed by atoms with van der Waals surface area (Å²) < 4.78 is 16.4. The third kappa shape index (κ3) is 7.78. The second kappa shape index (κ2) is 13.6. The number of rotatable bonds is 13. The van der Waals surface area contributed by atoms with E-state index >= 15 is 0 Å². The molecule has 2 aromatic rings. The van der Waals surface area contributed by atoms with Crippen LogP contribution in [0.4, 0.5) is 0 Å². The number of hydrogen-bond donors (Lipinski definition) is 4. The monoisotopic (exact) mass is 460 g/mol. The van der Waals surface area contributed by atoms with Crippen molar-refractivity contribution in [1.29, 1.82) is 0 Å². The normalized spacial score (nSPS) is 25.2. The van der Waals surface area contributed by atoms with E-state index in [1.165, 1.54) is 11.1 Å². The zero-order chi connectivity index (χ0) is 23.5. The molecule has 7 heteroatoms. The molecule has 4 N–H and O–H groups in total. The van der Waals surface area contributed by atoms with E-state index < -0.39 is 37.3 Å². The molecule has 0 radical (unpaired) electrons. The number of ether oxygens (including phenoxy) is 3. The number of unbranched alkanes of at least 4 members (excludes halogenated alkanes) is 5. The third-order valence-corrected chi connectivity index (χ3v) is 5.92. The van der Waals surface area contributed by atoms with E-state index in [9.17, 15) is 20.4 Å². The van der Waals surface area contributed by atoms with Crippen LogP contribution in [0.25, 0.3) is 11.1 Å². The molecule has 0 saturated carbocycles. The summed E-state index contributed by atoms with van der Waals surface area (Å²) in [6.07, 6.45) is 0.106. The van der Waals surface area contributed by atoms with Crippen LogP contribution in [0.15, 0.2) is 54.6 Å². The Bertz CT molecular complexity index is 783. The predicted octanol–water partition coefficient (Wildman–Crippen LogP) is 2.89. The van der Waals surface area contributed by atoms with Crippen LogP contribution >= 0.6 is 0 Å². The number of aliphatic hydroxyl groups is 4. The van der Waals surface area contributed by atoms with E-state index in [1.54, 1.807) is 0 Å². The summed E-state index contributed by atoms with van der Waals surface area (Å²) in [5, 5.41) is 38.9. The summed E-state index contributed by atoms with van der Waals surface area (Å²) in [5.41, 5.74) is 2.37. The van der Waals surface area contributed by atoms with Crippen LogP contribution in [-0.2, 0) is 9.47 Å². The SMILES string of the molecule is OC[C@H]1OC(O)[C@H](O)[C@@H](OCCCCCCCCOc2ccc(-c3ccccc3)cc2)[C@@H]1O. The first kappa shape index (κ1) is 25.6. The minimum atomic E-state index is -1.47. The molecule has 7 nitrogen and oxygen atoms in total. The van der Waals surface area contributed by atoms with Crippen LogP contribution in [0.1, 0.15) is 38.5 Å². The maximum Gasteiger partial charge on any atom is 0.184 e. The highest BCUT2D eigenvalue weighted by Gasteiger charge is 2.44. The van der Waals surface area contributed by atoms with Crippen LogP contribution in [0, 0.1) is 0 Å². The molecule has 1 aliphatic heterocycles. The summed E-state index contributed by atoms with van der Waals surface area (Å²) in [5.74, 6) is 0.887. The predicted molar refractivity (Wildman–Crippen MR) is 125 cm³/mol. The third-order valence-electron chi connectivity index (χ3n) is 5.92. The van der Waals surface area contributed by atoms with Gasteiger partial charge in [-0.3, -0.25) is 0 Å². The molecule has 182 valence electrons. The number of benzene rings is 2. The Labute approximate surface area is 195 Å². The van der Waals surface area contributed by atoms with Crippen LogP contribution < -0.4 is 4.74 Å². The first-order valence-electron chi connectivity index (χ1n) is 11.8. The van der Waals surface area contributed by atoms with Crippen molar-refractivity contribution in [2.45, 2.75) is 69.2 Å². The zero-order valence-corrected chi connectivity index (χ0v) is 19.0. The van der Waals surface area contributed by atoms with Gasteiger partial charge in [0.05, 0.1) is 13.2 Å². The van der Waals surface area contributed by atoms with Crippen molar-refractivity contribution in [1.82, 2.24) is 0 Å². The van der Waals surface area contributed by atoms with E-state index in [1.807, 2.05) is 30.3 Å². The van der Waals surface area contributed by atoms with Gasteiger partial charge in [-0.05, 0) is 36.1 Å². The van der Waals surface area contributed by atoms with E-state index in [4.69, 9.17) is 14.2 Å². The molecule has 1 unspecified atom stereocenters. The molecule has 0 bridgehead atoms. The molecule has 1 saturated heterocycles. The van der Waals surface area contributed by atoms with Crippen molar-refractivity contribution < 1.29 is 34.6 Å². The van der Waals surface area contributed by atoms with Crippen LogP contribution in [0.2, 0.25) is 0 Å². The van der Waals surface area contributed by atoms with Gasteiger partial charge in [0.25, 0.3) is 0 Å². The molecule has 1 aliphatic rings. The van der Waals surface area contributed by atoms with Crippen LogP contribution in [-0.4, -0.2) is 71.0 Å². The fraction of sp³-hybridized carbons (Fsp3) is 0.538. The summed E-state index contributed by atoms with van der Waals surface area (Å²) in [4.78, 5) is 0. The first-order chi connectivity index (χ1) is 16.1. The lowest BCUT2D eigenvalue weighted by Crippen LogP contribution is -2.59. The van der Waals surface area contributed by atoms with Gasteiger partial charge < -0.3 is 34.6 Å². The molecule has 3 rings (SSSR count). The lowest BCUT2D eigenvalue weighted by atomic mass is 9.99. The van der Waals surface area contributed by atoms with Crippen molar-refractivity contribution in [2.75, 3.05) is 19.8 Å². The molecule has 0 aliphatic carbocycles. The Morgan fingerprint density at radius 2 is 1.30 bits per heavy atom. The smallest absolute Gasteiger partial charge is 0.184 e. The Balaban J connectivity index is 1.21. The van der Waals surface area contributed by atoms with Crippen molar-refractivity contribution in [3.8, 4) is 16.9 Å². The second-order valence-electron chi connectivity index (χ2n) is 8.42. The van der Waals surface area contributed by atoms with Crippen molar-refractivity contribution in [3.05, 3.63) is 54.6 Å². The molecular weight excluding hydrogens is 424 g/mol. The summed E-state index contributed by atoms with van der Waals surface area (Å²) in [6.45, 7) is 0.612. The van der Waals surface area contributed by atoms with Crippen LogP contribution in [0.3, 0.4) is 0 Å². The molecule has 0 spiro atoms. The van der Waals surface area contributed by atoms with Gasteiger partial charge in [0.1, 0.15) is 30.2 Å². The van der Waals surface area contributed by atoms with Gasteiger partial charge in [0, 0.05) is 6.61 Å². The van der Waals surface area contributed by atoms with E-state index in [0.717, 1.165) is 44.3 Å². The topological polar surface area (TPSA) is 109 Å². The molecule has 0 aromatic heterocycles. The van der Waals surface area contributed by atoms with Gasteiger partial charge in [-0.25, -0.2) is 0 Å². The van der Waals surface area contributed by atoms with Crippen molar-refractivity contribution in [3.63, 3.8) is 0 Å². The Kier molecular flexibility index (Phi) is 10.6. The number of hydrogen-bond acceptors (Lipinski definition) is 7. The minimum Gasteiger partial charge on any atom is -0.494 e. The van der Waals surface area contributed by atoms with Gasteiger partial charge in [-0.2, -0.15) is 0 Å². The molecule has 1 heterocycles. The summed E-state index contributed by atoms with van der Waals surface area (Å²) >= 11 is 0. The number of aliphatic hydroxyl groups excluding tert-OH is 4. The lowest BCUT2D eigenvalue weighted by molar-refractivity contribution is -0.294. The van der Waals surface area contributed by atoms with Gasteiger partial charge >= 0.3 is 0 Å². The lowest BCUT2D eigenvalue weighted by Gasteiger charge is -2.39. The summed E-state index contributed by atoms with van der Waals surface area (Å²) in [6, 6.07) is 18.4. The molecule has 1 fully saturated rings. The quantitative estimate of drug-likeness (QED) is 0.340. The largest absolute Gasteiger partial charge is 0.494 e. The van der Waals surface area contributed by atoms with Crippen LogP contribution in [0.5, 0.6) is 5.75 Å². The van der Waals surface area contributed by atoms with Crippen molar-refractivity contribution >= 4 is 0 Å². The average Bonchev–Trinajstić information content (AvgIpc) is 2.85. The van der Waals surface area contributed by atoms with Gasteiger partial charge in [-0.15, -0.1) is 0 Å². The Morgan fingerprint density at radius 1 is 0.697 bits per heavy atom. The van der Waals surface area contributed by atoms with E-state index in [-0.39, 0.29) is 0 Å². The standard InChI is InChI=1S/C26H36O7/c27-18-22-23(28)25(24(29)26(30)33-22)32-17-9-4-2-1-3-8-16-31-21-14-12-20(13-15-21)19-10-6-5-7-11-19/h5-7,10-15,22-30H,1-4,8-9,16-18H2/t22-,23-,24-,25+,26?/m1/s1. The van der Waals surface area contributed by atoms with E-state index in [0.29, 0.717) is 13.2 Å². The average molecular weight is 461 g/mol. The molecule has 33 heavy (non-hydrogen) atoms. The maximum atomic E-state index is 10.1. The minimum absolute atomic E-state index is 0.367. The fourth-order valence-corrected chi connectivity index (χ4v) is 3.96. The molecule has 5 atom stereocenters. The highest BCUT2D eigenvalue weighted by molar-refractivity contribution is 5.63. The Hall–Kier alpha value is -2.00. The second-order valence-corrected chi connectivity index (χ2v) is 8.42. The molecule has 2 aromatic carbocycles. The molecule has 0 amide bonds. The van der Waals surface area contributed by atoms with Crippen molar-refractivity contribution in [2.24, 2.45) is 0 Å². The highest BCUT2D eigenvalue weighted by atomic mass is 16.6. The zero-order valence-electron chi connectivity index (χ0n) is 19.0. The van der Waals surface area contributed by atoms with Gasteiger partial charge in [-0.1, -0.05) is 68.1 Å². The van der Waals surface area contributed by atoms with E-state index in [2.05, 4.69) is 24.3 Å².